The largest absolute Gasteiger partial charge is 0.348 e. The zero-order chi connectivity index (χ0) is 18.4. The van der Waals surface area contributed by atoms with E-state index in [9.17, 15) is 0 Å². The molecular formula is C23H30NO2+. The van der Waals surface area contributed by atoms with Crippen LogP contribution in [0.3, 0.4) is 0 Å². The summed E-state index contributed by atoms with van der Waals surface area (Å²) in [7, 11) is 0. The van der Waals surface area contributed by atoms with Crippen molar-refractivity contribution in [1.82, 2.24) is 0 Å². The molecule has 3 heteroatoms. The highest BCUT2D eigenvalue weighted by atomic mass is 16.7. The van der Waals surface area contributed by atoms with Crippen LogP contribution in [-0.2, 0) is 9.47 Å². The first-order valence-electron chi connectivity index (χ1n) is 9.95. The number of rotatable bonds is 6. The summed E-state index contributed by atoms with van der Waals surface area (Å²) in [5.41, 5.74) is 3.87. The van der Waals surface area contributed by atoms with Crippen molar-refractivity contribution in [2.75, 3.05) is 13.2 Å². The number of aromatic nitrogens is 1. The van der Waals surface area contributed by atoms with Crippen LogP contribution in [0.4, 0.5) is 0 Å². The van der Waals surface area contributed by atoms with E-state index < -0.39 is 5.79 Å². The summed E-state index contributed by atoms with van der Waals surface area (Å²) in [6.07, 6.45) is 4.19. The van der Waals surface area contributed by atoms with Crippen molar-refractivity contribution in [3.8, 4) is 0 Å². The van der Waals surface area contributed by atoms with E-state index in [-0.39, 0.29) is 17.4 Å². The average Bonchev–Trinajstić information content (AvgIpc) is 2.66. The Bertz CT molecular complexity index is 743. The summed E-state index contributed by atoms with van der Waals surface area (Å²) in [6, 6.07) is 15.5. The third kappa shape index (κ3) is 2.23. The van der Waals surface area contributed by atoms with Gasteiger partial charge in [0.25, 0.3) is 0 Å². The number of pyridine rings is 1. The van der Waals surface area contributed by atoms with Gasteiger partial charge in [0.1, 0.15) is 5.92 Å². The van der Waals surface area contributed by atoms with Crippen molar-refractivity contribution in [2.24, 2.45) is 5.41 Å². The molecule has 0 fully saturated rings. The fourth-order valence-corrected chi connectivity index (χ4v) is 5.07. The molecule has 1 aliphatic carbocycles. The van der Waals surface area contributed by atoms with E-state index in [0.717, 1.165) is 12.8 Å². The van der Waals surface area contributed by atoms with Gasteiger partial charge in [-0.1, -0.05) is 44.2 Å². The number of ether oxygens (including phenoxy) is 2. The molecule has 3 aliphatic rings. The molecule has 2 atom stereocenters. The van der Waals surface area contributed by atoms with Gasteiger partial charge in [-0.15, -0.1) is 0 Å². The normalized spacial score (nSPS) is 24.2. The minimum atomic E-state index is -0.639. The molecule has 2 bridgehead atoms. The Labute approximate surface area is 157 Å². The van der Waals surface area contributed by atoms with Crippen molar-refractivity contribution in [3.05, 3.63) is 65.5 Å². The summed E-state index contributed by atoms with van der Waals surface area (Å²) in [4.78, 5) is 0. The Hall–Kier alpha value is -1.71. The molecule has 0 saturated heterocycles. The van der Waals surface area contributed by atoms with E-state index in [1.54, 1.807) is 0 Å². The summed E-state index contributed by atoms with van der Waals surface area (Å²) >= 11 is 0. The predicted octanol–water partition coefficient (Wildman–Crippen LogP) is 4.60. The molecule has 26 heavy (non-hydrogen) atoms. The average molecular weight is 352 g/mol. The maximum atomic E-state index is 6.65. The Morgan fingerprint density at radius 1 is 0.885 bits per heavy atom. The van der Waals surface area contributed by atoms with Crippen molar-refractivity contribution in [1.29, 1.82) is 0 Å². The summed E-state index contributed by atoms with van der Waals surface area (Å²) in [5, 5.41) is 0. The molecule has 138 valence electrons. The molecule has 0 radical (unpaired) electrons. The van der Waals surface area contributed by atoms with Gasteiger partial charge in [0.2, 0.25) is 0 Å². The molecule has 1 aromatic heterocycles. The van der Waals surface area contributed by atoms with Gasteiger partial charge in [0.05, 0.1) is 5.41 Å². The molecule has 3 nitrogen and oxygen atoms in total. The Kier molecular flexibility index (Phi) is 4.40. The molecule has 0 N–H and O–H groups in total. The molecule has 2 aliphatic heterocycles. The highest BCUT2D eigenvalue weighted by molar-refractivity contribution is 5.45. The zero-order valence-electron chi connectivity index (χ0n) is 16.4. The SMILES string of the molecule is CCCOC1(OCCC)C2c3ccccc3C([n+]3ccccc32)C1(C)C. The first-order valence-corrected chi connectivity index (χ1v) is 9.95. The molecule has 0 amide bonds. The quantitative estimate of drug-likeness (QED) is 0.560. The van der Waals surface area contributed by atoms with E-state index in [1.807, 2.05) is 0 Å². The third-order valence-electron chi connectivity index (χ3n) is 6.10. The lowest BCUT2D eigenvalue weighted by atomic mass is 9.57. The number of fused-ring (bicyclic) bond motifs is 1. The topological polar surface area (TPSA) is 22.3 Å². The Balaban J connectivity index is 1.99. The zero-order valence-corrected chi connectivity index (χ0v) is 16.4. The minimum absolute atomic E-state index is 0.0815. The van der Waals surface area contributed by atoms with Gasteiger partial charge in [0.15, 0.2) is 23.7 Å². The van der Waals surface area contributed by atoms with Crippen LogP contribution in [0.15, 0.2) is 48.7 Å². The lowest BCUT2D eigenvalue weighted by molar-refractivity contribution is -0.755. The molecular weight excluding hydrogens is 322 g/mol. The lowest BCUT2D eigenvalue weighted by Crippen LogP contribution is -2.71. The maximum Gasteiger partial charge on any atom is 0.196 e. The van der Waals surface area contributed by atoms with Crippen LogP contribution in [0, 0.1) is 5.41 Å². The smallest absolute Gasteiger partial charge is 0.196 e. The minimum Gasteiger partial charge on any atom is -0.348 e. The second kappa shape index (κ2) is 6.47. The summed E-state index contributed by atoms with van der Waals surface area (Å²) < 4.78 is 15.7. The standard InChI is InChI=1S/C23H30NO2/c1-5-15-25-23(26-16-6-2)20-17-11-7-8-12-18(17)21(22(23,3)4)24-14-10-9-13-19(20)24/h7-14,20-21H,5-6,15-16H2,1-4H3/q+1. The van der Waals surface area contributed by atoms with Crippen LogP contribution in [-0.4, -0.2) is 19.0 Å². The lowest BCUT2D eigenvalue weighted by Gasteiger charge is -2.57. The van der Waals surface area contributed by atoms with E-state index in [1.165, 1.54) is 16.8 Å². The van der Waals surface area contributed by atoms with Crippen LogP contribution >= 0.6 is 0 Å². The van der Waals surface area contributed by atoms with Gasteiger partial charge in [-0.05, 0) is 32.3 Å². The molecule has 3 heterocycles. The van der Waals surface area contributed by atoms with Crippen LogP contribution < -0.4 is 4.57 Å². The molecule has 0 saturated carbocycles. The Morgan fingerprint density at radius 3 is 2.15 bits per heavy atom. The number of nitrogens with zero attached hydrogens (tertiary/aromatic N) is 1. The highest BCUT2D eigenvalue weighted by Gasteiger charge is 2.70. The summed E-state index contributed by atoms with van der Waals surface area (Å²) in [6.45, 7) is 10.4. The van der Waals surface area contributed by atoms with Crippen LogP contribution in [0.1, 0.15) is 69.3 Å². The fourth-order valence-electron chi connectivity index (χ4n) is 5.07. The monoisotopic (exact) mass is 352 g/mol. The van der Waals surface area contributed by atoms with E-state index >= 15 is 0 Å². The van der Waals surface area contributed by atoms with E-state index in [0.29, 0.717) is 13.2 Å². The highest BCUT2D eigenvalue weighted by Crippen LogP contribution is 2.61. The van der Waals surface area contributed by atoms with Crippen molar-refractivity contribution in [2.45, 2.75) is 58.3 Å². The second-order valence-corrected chi connectivity index (χ2v) is 8.08. The van der Waals surface area contributed by atoms with Gasteiger partial charge < -0.3 is 9.47 Å². The maximum absolute atomic E-state index is 6.65. The predicted molar refractivity (Wildman–Crippen MR) is 102 cm³/mol. The van der Waals surface area contributed by atoms with Gasteiger partial charge in [-0.3, -0.25) is 0 Å². The van der Waals surface area contributed by atoms with E-state index in [2.05, 4.69) is 80.9 Å². The fraction of sp³-hybridized carbons (Fsp3) is 0.522. The van der Waals surface area contributed by atoms with Gasteiger partial charge >= 0.3 is 0 Å². The van der Waals surface area contributed by atoms with Crippen molar-refractivity contribution < 1.29 is 14.0 Å². The van der Waals surface area contributed by atoms with Crippen molar-refractivity contribution >= 4 is 0 Å². The molecule has 1 aromatic carbocycles. The van der Waals surface area contributed by atoms with E-state index in [4.69, 9.17) is 9.47 Å². The van der Waals surface area contributed by atoms with Gasteiger partial charge in [-0.25, -0.2) is 0 Å². The number of hydrogen-bond acceptors (Lipinski definition) is 2. The molecule has 0 spiro atoms. The van der Waals surface area contributed by atoms with Gasteiger partial charge in [-0.2, -0.15) is 4.57 Å². The number of benzene rings is 1. The number of hydrogen-bond donors (Lipinski definition) is 0. The van der Waals surface area contributed by atoms with Crippen LogP contribution in [0.2, 0.25) is 0 Å². The summed E-state index contributed by atoms with van der Waals surface area (Å²) in [5.74, 6) is -0.558. The molecule has 5 rings (SSSR count). The first kappa shape index (κ1) is 17.7. The first-order chi connectivity index (χ1) is 12.6. The van der Waals surface area contributed by atoms with Gasteiger partial charge in [0, 0.05) is 30.9 Å². The molecule has 2 aromatic rings. The second-order valence-electron chi connectivity index (χ2n) is 8.08. The Morgan fingerprint density at radius 2 is 1.50 bits per heavy atom. The van der Waals surface area contributed by atoms with Crippen molar-refractivity contribution in [3.63, 3.8) is 0 Å². The van der Waals surface area contributed by atoms with Crippen LogP contribution in [0.25, 0.3) is 0 Å². The third-order valence-corrected chi connectivity index (χ3v) is 6.10. The van der Waals surface area contributed by atoms with Crippen LogP contribution in [0.5, 0.6) is 0 Å². The molecule has 2 unspecified atom stereocenters.